The second kappa shape index (κ2) is 10.7. The average molecular weight is 425 g/mol. The third kappa shape index (κ3) is 7.71. The Morgan fingerprint density at radius 2 is 2.00 bits per heavy atom. The first kappa shape index (κ1) is 22.5. The number of hydrogen-bond acceptors (Lipinski definition) is 5. The number of ether oxygens (including phenoxy) is 1. The van der Waals surface area contributed by atoms with E-state index in [1.807, 2.05) is 0 Å². The maximum absolute atomic E-state index is 12.2. The van der Waals surface area contributed by atoms with Crippen LogP contribution in [-0.2, 0) is 31.7 Å². The lowest BCUT2D eigenvalue weighted by atomic mass is 10.1. The van der Waals surface area contributed by atoms with Gasteiger partial charge >= 0.3 is 0 Å². The number of hydrogen-bond donors (Lipinski definition) is 2. The Labute approximate surface area is 171 Å². The van der Waals surface area contributed by atoms with Gasteiger partial charge in [0, 0.05) is 35.5 Å². The summed E-state index contributed by atoms with van der Waals surface area (Å²) in [6.07, 6.45) is 2.09. The van der Waals surface area contributed by atoms with Crippen LogP contribution in [0.1, 0.15) is 33.7 Å². The smallest absolute Gasteiger partial charge is 0.224 e. The third-order valence-electron chi connectivity index (χ3n) is 4.19. The van der Waals surface area contributed by atoms with Gasteiger partial charge in [-0.1, -0.05) is 12.1 Å². The second-order valence-electron chi connectivity index (χ2n) is 6.69. The minimum absolute atomic E-state index is 0.0668. The molecule has 0 fully saturated rings. The van der Waals surface area contributed by atoms with Crippen LogP contribution in [0.2, 0.25) is 0 Å². The van der Waals surface area contributed by atoms with Crippen LogP contribution in [-0.4, -0.2) is 34.6 Å². The van der Waals surface area contributed by atoms with Gasteiger partial charge in [-0.2, -0.15) is 0 Å². The van der Waals surface area contributed by atoms with E-state index in [4.69, 9.17) is 4.74 Å². The van der Waals surface area contributed by atoms with Gasteiger partial charge in [0.2, 0.25) is 15.9 Å². The Balaban J connectivity index is 1.84. The van der Waals surface area contributed by atoms with E-state index < -0.39 is 10.0 Å². The number of thiophene rings is 1. The molecule has 28 heavy (non-hydrogen) atoms. The van der Waals surface area contributed by atoms with Crippen molar-refractivity contribution in [3.05, 3.63) is 51.2 Å². The van der Waals surface area contributed by atoms with E-state index in [0.717, 1.165) is 12.8 Å². The van der Waals surface area contributed by atoms with Gasteiger partial charge in [-0.3, -0.25) is 4.79 Å². The summed E-state index contributed by atoms with van der Waals surface area (Å²) in [4.78, 5) is 14.8. The fraction of sp³-hybridized carbons (Fsp3) is 0.450. The van der Waals surface area contributed by atoms with Crippen LogP contribution in [0, 0.1) is 13.8 Å². The molecule has 1 aromatic heterocycles. The predicted octanol–water partition coefficient (Wildman–Crippen LogP) is 3.39. The predicted molar refractivity (Wildman–Crippen MR) is 114 cm³/mol. The largest absolute Gasteiger partial charge is 0.383 e. The molecule has 0 spiro atoms. The van der Waals surface area contributed by atoms with Crippen LogP contribution in [0.25, 0.3) is 0 Å². The summed E-state index contributed by atoms with van der Waals surface area (Å²) in [5.74, 6) is -0.208. The molecule has 0 aliphatic carbocycles. The van der Waals surface area contributed by atoms with Gasteiger partial charge in [0.05, 0.1) is 12.4 Å². The number of nitrogens with one attached hydrogen (secondary N) is 2. The molecule has 2 N–H and O–H groups in total. The Hall–Kier alpha value is -1.74. The van der Waals surface area contributed by atoms with Gasteiger partial charge < -0.3 is 10.1 Å². The zero-order valence-electron chi connectivity index (χ0n) is 16.6. The van der Waals surface area contributed by atoms with Crippen molar-refractivity contribution in [3.8, 4) is 0 Å². The molecule has 1 heterocycles. The van der Waals surface area contributed by atoms with E-state index in [2.05, 4.69) is 30.0 Å². The highest BCUT2D eigenvalue weighted by atomic mass is 32.2. The molecule has 0 bridgehead atoms. The average Bonchev–Trinajstić information content (AvgIpc) is 2.92. The normalized spacial score (nSPS) is 11.5. The summed E-state index contributed by atoms with van der Waals surface area (Å²) in [6.45, 7) is 4.75. The molecule has 1 aromatic carbocycles. The number of methoxy groups -OCH3 is 1. The van der Waals surface area contributed by atoms with Gasteiger partial charge in [-0.05, 0) is 56.0 Å². The standard InChI is InChI=1S/C20H28N2O4S2/c1-15-12-18(16(2)27-15)7-5-9-20(23)22-19-8-4-6-17(13-19)14-28(24,25)21-10-11-26-3/h4,6,8,12-13,21H,5,7,9-11,14H2,1-3H3,(H,22,23). The molecule has 0 aliphatic rings. The van der Waals surface area contributed by atoms with Gasteiger partial charge in [-0.15, -0.1) is 11.3 Å². The number of rotatable bonds is 11. The highest BCUT2D eigenvalue weighted by molar-refractivity contribution is 7.88. The Kier molecular flexibility index (Phi) is 8.62. The van der Waals surface area contributed by atoms with Crippen molar-refractivity contribution in [2.24, 2.45) is 0 Å². The number of anilines is 1. The number of aryl methyl sites for hydroxylation is 3. The number of benzene rings is 1. The first-order valence-corrected chi connectivity index (χ1v) is 11.7. The molecule has 0 saturated carbocycles. The molecular weight excluding hydrogens is 396 g/mol. The number of carbonyl (C=O) groups excluding carboxylic acids is 1. The Morgan fingerprint density at radius 1 is 1.21 bits per heavy atom. The number of amides is 1. The summed E-state index contributed by atoms with van der Waals surface area (Å²) in [6, 6.07) is 9.11. The monoisotopic (exact) mass is 424 g/mol. The van der Waals surface area contributed by atoms with E-state index >= 15 is 0 Å². The van der Waals surface area contributed by atoms with E-state index in [0.29, 0.717) is 24.3 Å². The second-order valence-corrected chi connectivity index (χ2v) is 9.95. The molecule has 2 rings (SSSR count). The molecule has 1 amide bonds. The first-order chi connectivity index (χ1) is 13.3. The van der Waals surface area contributed by atoms with Crippen LogP contribution in [0.3, 0.4) is 0 Å². The number of sulfonamides is 1. The van der Waals surface area contributed by atoms with Crippen molar-refractivity contribution < 1.29 is 17.9 Å². The topological polar surface area (TPSA) is 84.5 Å². The van der Waals surface area contributed by atoms with Crippen molar-refractivity contribution >= 4 is 33.0 Å². The van der Waals surface area contributed by atoms with Gasteiger partial charge in [-0.25, -0.2) is 13.1 Å². The highest BCUT2D eigenvalue weighted by Gasteiger charge is 2.12. The molecular formula is C20H28N2O4S2. The fourth-order valence-corrected chi connectivity index (χ4v) is 4.99. The molecule has 2 aromatic rings. The van der Waals surface area contributed by atoms with Crippen molar-refractivity contribution in [2.45, 2.75) is 38.9 Å². The summed E-state index contributed by atoms with van der Waals surface area (Å²) in [5, 5.41) is 2.85. The minimum atomic E-state index is -3.44. The number of carbonyl (C=O) groups is 1. The lowest BCUT2D eigenvalue weighted by Gasteiger charge is -2.09. The van der Waals surface area contributed by atoms with Crippen molar-refractivity contribution in [3.63, 3.8) is 0 Å². The molecule has 0 aliphatic heterocycles. The van der Waals surface area contributed by atoms with Gasteiger partial charge in [0.15, 0.2) is 0 Å². The molecule has 0 unspecified atom stereocenters. The minimum Gasteiger partial charge on any atom is -0.383 e. The van der Waals surface area contributed by atoms with Crippen LogP contribution >= 0.6 is 11.3 Å². The molecule has 154 valence electrons. The van der Waals surface area contributed by atoms with E-state index in [1.54, 1.807) is 35.6 Å². The SMILES string of the molecule is COCCNS(=O)(=O)Cc1cccc(NC(=O)CCCc2cc(C)sc2C)c1. The van der Waals surface area contributed by atoms with E-state index in [9.17, 15) is 13.2 Å². The van der Waals surface area contributed by atoms with Gasteiger partial charge in [0.25, 0.3) is 0 Å². The molecule has 0 saturated heterocycles. The summed E-state index contributed by atoms with van der Waals surface area (Å²) in [7, 11) is -1.92. The van der Waals surface area contributed by atoms with Crippen LogP contribution in [0.5, 0.6) is 0 Å². The van der Waals surface area contributed by atoms with Crippen molar-refractivity contribution in [1.29, 1.82) is 0 Å². The lowest BCUT2D eigenvalue weighted by molar-refractivity contribution is -0.116. The summed E-state index contributed by atoms with van der Waals surface area (Å²) < 4.78 is 31.4. The highest BCUT2D eigenvalue weighted by Crippen LogP contribution is 2.22. The molecule has 8 heteroatoms. The van der Waals surface area contributed by atoms with E-state index in [-0.39, 0.29) is 18.2 Å². The maximum Gasteiger partial charge on any atom is 0.224 e. The van der Waals surface area contributed by atoms with Crippen LogP contribution in [0.15, 0.2) is 30.3 Å². The zero-order chi connectivity index (χ0) is 20.6. The van der Waals surface area contributed by atoms with E-state index in [1.165, 1.54) is 22.4 Å². The Morgan fingerprint density at radius 3 is 2.68 bits per heavy atom. The van der Waals surface area contributed by atoms with Crippen molar-refractivity contribution in [2.75, 3.05) is 25.6 Å². The van der Waals surface area contributed by atoms with Crippen molar-refractivity contribution in [1.82, 2.24) is 4.72 Å². The van der Waals surface area contributed by atoms with Gasteiger partial charge in [0.1, 0.15) is 0 Å². The third-order valence-corrected chi connectivity index (χ3v) is 6.55. The molecule has 0 radical (unpaired) electrons. The summed E-state index contributed by atoms with van der Waals surface area (Å²) >= 11 is 1.78. The van der Waals surface area contributed by atoms with Crippen LogP contribution < -0.4 is 10.0 Å². The molecule has 0 atom stereocenters. The quantitative estimate of drug-likeness (QED) is 0.542. The maximum atomic E-state index is 12.2. The zero-order valence-corrected chi connectivity index (χ0v) is 18.2. The fourth-order valence-electron chi connectivity index (χ4n) is 2.90. The van der Waals surface area contributed by atoms with Crippen LogP contribution in [0.4, 0.5) is 5.69 Å². The summed E-state index contributed by atoms with van der Waals surface area (Å²) in [5.41, 5.74) is 2.53. The Bertz CT molecular complexity index is 891. The first-order valence-electron chi connectivity index (χ1n) is 9.20. The lowest BCUT2D eigenvalue weighted by Crippen LogP contribution is -2.28. The molecule has 6 nitrogen and oxygen atoms in total.